The van der Waals surface area contributed by atoms with Gasteiger partial charge < -0.3 is 5.11 Å². The van der Waals surface area contributed by atoms with Gasteiger partial charge in [-0.25, -0.2) is 0 Å². The fourth-order valence-electron chi connectivity index (χ4n) is 8.78. The van der Waals surface area contributed by atoms with Crippen molar-refractivity contribution in [1.29, 1.82) is 0 Å². The third kappa shape index (κ3) is 2.58. The quantitative estimate of drug-likeness (QED) is 0.610. The molecule has 4 rings (SSSR count). The van der Waals surface area contributed by atoms with Crippen molar-refractivity contribution in [3.05, 3.63) is 0 Å². The van der Waals surface area contributed by atoms with Crippen LogP contribution in [0.1, 0.15) is 98.8 Å². The molecule has 1 heteroatoms. The van der Waals surface area contributed by atoms with E-state index in [-0.39, 0.29) is 5.60 Å². The lowest BCUT2D eigenvalue weighted by atomic mass is 9.43. The molecule has 0 radical (unpaired) electrons. The summed E-state index contributed by atoms with van der Waals surface area (Å²) in [5.74, 6) is 5.50. The van der Waals surface area contributed by atoms with Crippen molar-refractivity contribution in [2.45, 2.75) is 104 Å². The van der Waals surface area contributed by atoms with E-state index in [1.165, 1.54) is 44.9 Å². The summed E-state index contributed by atoms with van der Waals surface area (Å²) in [4.78, 5) is 0. The van der Waals surface area contributed by atoms with E-state index < -0.39 is 0 Å². The van der Waals surface area contributed by atoms with E-state index >= 15 is 0 Å². The molecule has 0 aromatic carbocycles. The lowest BCUT2D eigenvalue weighted by Crippen LogP contribution is -2.56. The molecule has 8 atom stereocenters. The molecular formula is C24H42O. The molecular weight excluding hydrogens is 304 g/mol. The highest BCUT2D eigenvalue weighted by Gasteiger charge is 2.61. The maximum atomic E-state index is 10.9. The lowest BCUT2D eigenvalue weighted by molar-refractivity contribution is -0.152. The van der Waals surface area contributed by atoms with Crippen LogP contribution in [0.4, 0.5) is 0 Å². The van der Waals surface area contributed by atoms with Gasteiger partial charge in [-0.1, -0.05) is 34.6 Å². The minimum Gasteiger partial charge on any atom is -0.390 e. The average Bonchev–Trinajstić information content (AvgIpc) is 2.93. The number of hydrogen-bond acceptors (Lipinski definition) is 1. The van der Waals surface area contributed by atoms with Crippen molar-refractivity contribution < 1.29 is 5.11 Å². The normalized spacial score (nSPS) is 55.6. The maximum absolute atomic E-state index is 10.9. The molecule has 0 aliphatic heterocycles. The molecule has 0 heterocycles. The summed E-state index contributed by atoms with van der Waals surface area (Å²) in [6.07, 6.45) is 13.1. The van der Waals surface area contributed by atoms with Crippen molar-refractivity contribution in [1.82, 2.24) is 0 Å². The number of hydrogen-bond donors (Lipinski definition) is 1. The van der Waals surface area contributed by atoms with Crippen LogP contribution >= 0.6 is 0 Å². The van der Waals surface area contributed by atoms with Crippen LogP contribution in [0, 0.1) is 46.3 Å². The van der Waals surface area contributed by atoms with Crippen molar-refractivity contribution in [2.75, 3.05) is 0 Å². The van der Waals surface area contributed by atoms with Gasteiger partial charge in [0.15, 0.2) is 0 Å². The highest BCUT2D eigenvalue weighted by Crippen LogP contribution is 2.68. The van der Waals surface area contributed by atoms with Crippen molar-refractivity contribution in [2.24, 2.45) is 46.3 Å². The topological polar surface area (TPSA) is 20.2 Å². The Balaban J connectivity index is 1.58. The maximum Gasteiger partial charge on any atom is 0.0648 e. The molecule has 4 aliphatic rings. The summed E-state index contributed by atoms with van der Waals surface area (Å²) < 4.78 is 0. The van der Waals surface area contributed by atoms with Gasteiger partial charge in [-0.3, -0.25) is 0 Å². The van der Waals surface area contributed by atoms with Gasteiger partial charge in [0.1, 0.15) is 0 Å². The Bertz CT molecular complexity index is 512. The van der Waals surface area contributed by atoms with Crippen molar-refractivity contribution in [3.63, 3.8) is 0 Å². The molecule has 4 aliphatic carbocycles. The van der Waals surface area contributed by atoms with Gasteiger partial charge in [-0.05, 0) is 111 Å². The summed E-state index contributed by atoms with van der Waals surface area (Å²) in [7, 11) is 0. The predicted octanol–water partition coefficient (Wildman–Crippen LogP) is 6.44. The largest absolute Gasteiger partial charge is 0.390 e. The second kappa shape index (κ2) is 5.98. The monoisotopic (exact) mass is 346 g/mol. The summed E-state index contributed by atoms with van der Waals surface area (Å²) >= 11 is 0. The highest BCUT2D eigenvalue weighted by molar-refractivity contribution is 5.10. The second-order valence-electron chi connectivity index (χ2n) is 11.4. The smallest absolute Gasteiger partial charge is 0.0648 e. The Morgan fingerprint density at radius 3 is 2.28 bits per heavy atom. The molecule has 0 unspecified atom stereocenters. The number of rotatable bonds is 2. The van der Waals surface area contributed by atoms with Gasteiger partial charge in [-0.15, -0.1) is 0 Å². The second-order valence-corrected chi connectivity index (χ2v) is 11.4. The Morgan fingerprint density at radius 2 is 1.60 bits per heavy atom. The van der Waals surface area contributed by atoms with Crippen LogP contribution in [-0.4, -0.2) is 10.7 Å². The summed E-state index contributed by atoms with van der Waals surface area (Å²) in [6.45, 7) is 12.4. The first-order chi connectivity index (χ1) is 11.7. The van der Waals surface area contributed by atoms with Gasteiger partial charge in [0.25, 0.3) is 0 Å². The predicted molar refractivity (Wildman–Crippen MR) is 105 cm³/mol. The molecule has 0 aromatic rings. The van der Waals surface area contributed by atoms with Crippen molar-refractivity contribution >= 4 is 0 Å². The fraction of sp³-hybridized carbons (Fsp3) is 1.00. The van der Waals surface area contributed by atoms with Crippen LogP contribution < -0.4 is 0 Å². The molecule has 1 N–H and O–H groups in total. The summed E-state index contributed by atoms with van der Waals surface area (Å²) in [5.41, 5.74) is 0.787. The first kappa shape index (κ1) is 18.3. The minimum absolute atomic E-state index is 0.351. The van der Waals surface area contributed by atoms with E-state index in [9.17, 15) is 5.11 Å². The molecule has 0 saturated heterocycles. The zero-order valence-corrected chi connectivity index (χ0v) is 17.5. The molecule has 0 aromatic heterocycles. The van der Waals surface area contributed by atoms with Crippen LogP contribution in [0.15, 0.2) is 0 Å². The minimum atomic E-state index is -0.351. The van der Waals surface area contributed by atoms with Crippen LogP contribution in [0.3, 0.4) is 0 Å². The van der Waals surface area contributed by atoms with Gasteiger partial charge in [-0.2, -0.15) is 0 Å². The zero-order valence-electron chi connectivity index (χ0n) is 17.5. The standard InChI is InChI=1S/C24H42O/c1-6-24(25)14-13-22(4)17(15-24)7-8-18-20-10-9-19(16(2)3)23(20,5)12-11-21(18)22/h16-21,25H,6-15H2,1-5H3/t17-,18+,19-,20+,21+,22+,23-,24-/m1/s1. The third-order valence-electron chi connectivity index (χ3n) is 10.4. The molecule has 4 fully saturated rings. The van der Waals surface area contributed by atoms with Gasteiger partial charge in [0.2, 0.25) is 0 Å². The van der Waals surface area contributed by atoms with Gasteiger partial charge in [0.05, 0.1) is 5.60 Å². The SMILES string of the molecule is CC[C@@]1(O)CC[C@@]2(C)[C@H](CC[C@@H]3[C@@H]2CC[C@]2(C)[C@@H](C(C)C)CC[C@@H]32)C1. The zero-order chi connectivity index (χ0) is 18.0. The van der Waals surface area contributed by atoms with Gasteiger partial charge in [0, 0.05) is 0 Å². The lowest BCUT2D eigenvalue weighted by Gasteiger charge is -2.62. The molecule has 25 heavy (non-hydrogen) atoms. The van der Waals surface area contributed by atoms with E-state index in [1.54, 1.807) is 0 Å². The number of fused-ring (bicyclic) bond motifs is 5. The van der Waals surface area contributed by atoms with Crippen LogP contribution in [0.5, 0.6) is 0 Å². The molecule has 0 bridgehead atoms. The summed E-state index contributed by atoms with van der Waals surface area (Å²) in [6, 6.07) is 0. The Kier molecular flexibility index (Phi) is 4.38. The number of aliphatic hydroxyl groups is 1. The Hall–Kier alpha value is -0.0400. The van der Waals surface area contributed by atoms with Crippen LogP contribution in [0.25, 0.3) is 0 Å². The fourth-order valence-corrected chi connectivity index (χ4v) is 8.78. The molecule has 0 spiro atoms. The average molecular weight is 347 g/mol. The molecule has 144 valence electrons. The molecule has 1 nitrogen and oxygen atoms in total. The van der Waals surface area contributed by atoms with Crippen LogP contribution in [0.2, 0.25) is 0 Å². The highest BCUT2D eigenvalue weighted by atomic mass is 16.3. The Morgan fingerprint density at radius 1 is 0.880 bits per heavy atom. The van der Waals surface area contributed by atoms with E-state index in [2.05, 4.69) is 34.6 Å². The van der Waals surface area contributed by atoms with E-state index in [0.29, 0.717) is 10.8 Å². The first-order valence-corrected chi connectivity index (χ1v) is 11.5. The molecule has 0 amide bonds. The van der Waals surface area contributed by atoms with E-state index in [0.717, 1.165) is 54.8 Å². The third-order valence-corrected chi connectivity index (χ3v) is 10.4. The summed E-state index contributed by atoms with van der Waals surface area (Å²) in [5, 5.41) is 10.9. The van der Waals surface area contributed by atoms with E-state index in [4.69, 9.17) is 0 Å². The van der Waals surface area contributed by atoms with Gasteiger partial charge >= 0.3 is 0 Å². The van der Waals surface area contributed by atoms with Crippen molar-refractivity contribution in [3.8, 4) is 0 Å². The molecule has 4 saturated carbocycles. The first-order valence-electron chi connectivity index (χ1n) is 11.5. The Labute approximate surface area is 156 Å². The van der Waals surface area contributed by atoms with E-state index in [1.807, 2.05) is 0 Å². The van der Waals surface area contributed by atoms with Crippen LogP contribution in [-0.2, 0) is 0 Å².